The van der Waals surface area contributed by atoms with E-state index in [2.05, 4.69) is 22.0 Å². The summed E-state index contributed by atoms with van der Waals surface area (Å²) < 4.78 is 17.7. The number of nitrogens with zero attached hydrogens (tertiary/aromatic N) is 2. The van der Waals surface area contributed by atoms with Crippen LogP contribution in [0, 0.1) is 17.3 Å². The minimum absolute atomic E-state index is 0.0780. The van der Waals surface area contributed by atoms with E-state index in [-0.39, 0.29) is 16.6 Å². The third kappa shape index (κ3) is 5.38. The lowest BCUT2D eigenvalue weighted by molar-refractivity contribution is -0.131. The van der Waals surface area contributed by atoms with Crippen LogP contribution in [0.25, 0.3) is 11.3 Å². The van der Waals surface area contributed by atoms with Crippen molar-refractivity contribution in [1.82, 2.24) is 10.1 Å². The van der Waals surface area contributed by atoms with Gasteiger partial charge >= 0.3 is 5.97 Å². The third-order valence-corrected chi connectivity index (χ3v) is 9.15. The number of aromatic nitrogens is 2. The van der Waals surface area contributed by atoms with Crippen LogP contribution >= 0.6 is 23.2 Å². The van der Waals surface area contributed by atoms with Gasteiger partial charge in [0.05, 0.1) is 34.4 Å². The zero-order chi connectivity index (χ0) is 27.9. The molecule has 4 fully saturated rings. The van der Waals surface area contributed by atoms with Gasteiger partial charge in [0, 0.05) is 47.5 Å². The Bertz CT molecular complexity index is 1470. The van der Waals surface area contributed by atoms with E-state index >= 15 is 0 Å². The van der Waals surface area contributed by atoms with Crippen molar-refractivity contribution in [3.8, 4) is 23.1 Å². The Morgan fingerprint density at radius 1 is 1.07 bits per heavy atom. The van der Waals surface area contributed by atoms with Gasteiger partial charge in [-0.25, -0.2) is 4.79 Å². The highest BCUT2D eigenvalue weighted by Crippen LogP contribution is 2.54. The van der Waals surface area contributed by atoms with Crippen LogP contribution in [-0.4, -0.2) is 33.9 Å². The van der Waals surface area contributed by atoms with Crippen molar-refractivity contribution >= 4 is 29.2 Å². The van der Waals surface area contributed by atoms with Gasteiger partial charge in [-0.3, -0.25) is 4.98 Å². The largest absolute Gasteiger partial charge is 0.478 e. The molecular formula is C31H30Cl2N2O5. The number of aromatic carboxylic acids is 1. The SMILES string of the molecule is COCc1cc(C#CC23CCC(OCc4c(-c5c(Cl)cncc5Cl)noc4C4CC4)(CC2)CC3)cc(C(=O)O)c1. The monoisotopic (exact) mass is 580 g/mol. The Labute approximate surface area is 243 Å². The van der Waals surface area contributed by atoms with Crippen LogP contribution in [0.3, 0.4) is 0 Å². The number of benzene rings is 1. The molecule has 40 heavy (non-hydrogen) atoms. The smallest absolute Gasteiger partial charge is 0.335 e. The van der Waals surface area contributed by atoms with Crippen LogP contribution in [0.4, 0.5) is 0 Å². The number of carbonyl (C=O) groups is 1. The molecule has 208 valence electrons. The molecule has 2 bridgehead atoms. The van der Waals surface area contributed by atoms with Crippen molar-refractivity contribution in [2.75, 3.05) is 7.11 Å². The summed E-state index contributed by atoms with van der Waals surface area (Å²) >= 11 is 12.9. The summed E-state index contributed by atoms with van der Waals surface area (Å²) in [4.78, 5) is 15.7. The number of methoxy groups -OCH3 is 1. The zero-order valence-electron chi connectivity index (χ0n) is 22.3. The van der Waals surface area contributed by atoms with E-state index in [1.165, 1.54) is 0 Å². The first kappa shape index (κ1) is 27.3. The molecular weight excluding hydrogens is 551 g/mol. The van der Waals surface area contributed by atoms with Crippen molar-refractivity contribution in [2.45, 2.75) is 76.1 Å². The Balaban J connectivity index is 1.18. The minimum atomic E-state index is -0.967. The number of halogens is 2. The molecule has 4 aliphatic rings. The molecule has 3 aromatic rings. The molecule has 0 radical (unpaired) electrons. The second kappa shape index (κ2) is 10.8. The summed E-state index contributed by atoms with van der Waals surface area (Å²) in [5.74, 6) is 7.10. The van der Waals surface area contributed by atoms with E-state index in [0.29, 0.717) is 46.0 Å². The number of ether oxygens (including phenoxy) is 2. The molecule has 0 atom stereocenters. The highest BCUT2D eigenvalue weighted by molar-refractivity contribution is 6.38. The predicted octanol–water partition coefficient (Wildman–Crippen LogP) is 7.43. The highest BCUT2D eigenvalue weighted by atomic mass is 35.5. The topological polar surface area (TPSA) is 94.7 Å². The summed E-state index contributed by atoms with van der Waals surface area (Å²) in [5.41, 5.74) is 3.65. The van der Waals surface area contributed by atoms with E-state index in [9.17, 15) is 9.90 Å². The van der Waals surface area contributed by atoms with E-state index in [1.54, 1.807) is 31.6 Å². The van der Waals surface area contributed by atoms with Crippen LogP contribution in [0.1, 0.15) is 90.1 Å². The fraction of sp³-hybridized carbons (Fsp3) is 0.452. The zero-order valence-corrected chi connectivity index (χ0v) is 23.8. The average molecular weight is 581 g/mol. The van der Waals surface area contributed by atoms with Gasteiger partial charge in [0.25, 0.3) is 0 Å². The summed E-state index contributed by atoms with van der Waals surface area (Å²) in [6.45, 7) is 0.735. The summed E-state index contributed by atoms with van der Waals surface area (Å²) in [7, 11) is 1.59. The van der Waals surface area contributed by atoms with Gasteiger partial charge in [0.15, 0.2) is 0 Å². The van der Waals surface area contributed by atoms with Crippen molar-refractivity contribution < 1.29 is 23.9 Å². The number of pyridine rings is 1. The van der Waals surface area contributed by atoms with Gasteiger partial charge in [-0.15, -0.1) is 0 Å². The van der Waals surface area contributed by atoms with Crippen LogP contribution in [0.5, 0.6) is 0 Å². The molecule has 2 heterocycles. The molecule has 0 spiro atoms. The third-order valence-electron chi connectivity index (χ3n) is 8.58. The van der Waals surface area contributed by atoms with E-state index in [4.69, 9.17) is 37.2 Å². The van der Waals surface area contributed by atoms with Crippen molar-refractivity contribution in [3.05, 3.63) is 68.7 Å². The predicted molar refractivity (Wildman–Crippen MR) is 150 cm³/mol. The molecule has 0 amide bonds. The van der Waals surface area contributed by atoms with Gasteiger partial charge in [-0.1, -0.05) is 40.2 Å². The molecule has 7 nitrogen and oxygen atoms in total. The fourth-order valence-corrected chi connectivity index (χ4v) is 6.63. The molecule has 7 rings (SSSR count). The summed E-state index contributed by atoms with van der Waals surface area (Å²) in [6.07, 6.45) is 10.9. The maximum absolute atomic E-state index is 11.6. The first-order chi connectivity index (χ1) is 19.3. The van der Waals surface area contributed by atoms with Gasteiger partial charge < -0.3 is 19.1 Å². The Morgan fingerprint density at radius 2 is 1.77 bits per heavy atom. The summed E-state index contributed by atoms with van der Waals surface area (Å²) in [5, 5.41) is 14.7. The molecule has 1 aromatic carbocycles. The van der Waals surface area contributed by atoms with Crippen LogP contribution in [-0.2, 0) is 22.7 Å². The number of hydrogen-bond acceptors (Lipinski definition) is 6. The Hall–Kier alpha value is -2.89. The van der Waals surface area contributed by atoms with Crippen molar-refractivity contribution in [2.24, 2.45) is 5.41 Å². The fourth-order valence-electron chi connectivity index (χ4n) is 6.08. The van der Waals surface area contributed by atoms with Crippen LogP contribution in [0.15, 0.2) is 35.1 Å². The Kier molecular flexibility index (Phi) is 7.39. The molecule has 0 saturated heterocycles. The molecule has 4 saturated carbocycles. The van der Waals surface area contributed by atoms with Gasteiger partial charge in [-0.05, 0) is 75.1 Å². The molecule has 4 aliphatic carbocycles. The molecule has 0 aliphatic heterocycles. The molecule has 0 unspecified atom stereocenters. The number of fused-ring (bicyclic) bond motifs is 3. The van der Waals surface area contributed by atoms with Gasteiger partial charge in [0.1, 0.15) is 11.5 Å². The highest BCUT2D eigenvalue weighted by Gasteiger charge is 2.49. The lowest BCUT2D eigenvalue weighted by Gasteiger charge is -2.51. The quantitative estimate of drug-likeness (QED) is 0.277. The number of rotatable bonds is 8. The van der Waals surface area contributed by atoms with Crippen LogP contribution in [0.2, 0.25) is 10.0 Å². The molecule has 1 N–H and O–H groups in total. The lowest BCUT2D eigenvalue weighted by Crippen LogP contribution is -2.47. The minimum Gasteiger partial charge on any atom is -0.478 e. The first-order valence-electron chi connectivity index (χ1n) is 13.6. The molecule has 9 heteroatoms. The maximum atomic E-state index is 11.6. The number of carboxylic acid groups (broad SMARTS) is 1. The van der Waals surface area contributed by atoms with E-state index < -0.39 is 5.97 Å². The second-order valence-electron chi connectivity index (χ2n) is 11.3. The maximum Gasteiger partial charge on any atom is 0.335 e. The number of hydrogen-bond donors (Lipinski definition) is 1. The first-order valence-corrected chi connectivity index (χ1v) is 14.4. The van der Waals surface area contributed by atoms with Crippen molar-refractivity contribution in [3.63, 3.8) is 0 Å². The van der Waals surface area contributed by atoms with Gasteiger partial charge in [-0.2, -0.15) is 0 Å². The second-order valence-corrected chi connectivity index (χ2v) is 12.1. The normalized spacial score (nSPS) is 23.6. The standard InChI is InChI=1S/C31H30Cl2N2O5/c1-38-17-20-12-19(13-22(14-20)29(36)37)4-5-30-6-9-31(10-7-30,11-8-30)39-18-23-27(35-40-28(23)21-2-3-21)26-24(32)15-34-16-25(26)33/h12-16,21H,2-3,6-11,17-18H2,1H3,(H,36,37). The van der Waals surface area contributed by atoms with Crippen molar-refractivity contribution in [1.29, 1.82) is 0 Å². The Morgan fingerprint density at radius 3 is 2.40 bits per heavy atom. The summed E-state index contributed by atoms with van der Waals surface area (Å²) in [6, 6.07) is 5.18. The van der Waals surface area contributed by atoms with E-state index in [0.717, 1.165) is 68.3 Å². The van der Waals surface area contributed by atoms with E-state index in [1.807, 2.05) is 6.07 Å². The molecule has 2 aromatic heterocycles. The number of carboxylic acids is 1. The average Bonchev–Trinajstić information content (AvgIpc) is 3.72. The lowest BCUT2D eigenvalue weighted by atomic mass is 9.59. The van der Waals surface area contributed by atoms with Gasteiger partial charge in [0.2, 0.25) is 0 Å². The van der Waals surface area contributed by atoms with Crippen LogP contribution < -0.4 is 0 Å².